The lowest BCUT2D eigenvalue weighted by Gasteiger charge is -2.31. The molecule has 2 aliphatic carbocycles. The summed E-state index contributed by atoms with van der Waals surface area (Å²) in [6, 6.07) is 4.98. The van der Waals surface area contributed by atoms with E-state index in [1.54, 1.807) is 0 Å². The summed E-state index contributed by atoms with van der Waals surface area (Å²) in [5.41, 5.74) is 0. The molecule has 0 unspecified atom stereocenters. The van der Waals surface area contributed by atoms with Gasteiger partial charge in [-0.15, -0.1) is 11.3 Å². The van der Waals surface area contributed by atoms with Crippen molar-refractivity contribution in [2.75, 3.05) is 27.2 Å². The fraction of sp³-hybridized carbons (Fsp3) is 0.722. The molecular weight excluding hydrogens is 322 g/mol. The van der Waals surface area contributed by atoms with E-state index in [4.69, 9.17) is 12.2 Å². The molecule has 128 valence electrons. The van der Waals surface area contributed by atoms with E-state index >= 15 is 0 Å². The maximum Gasteiger partial charge on any atom is 0.169 e. The molecule has 2 fully saturated rings. The summed E-state index contributed by atoms with van der Waals surface area (Å²) < 4.78 is 0. The minimum Gasteiger partial charge on any atom is -0.360 e. The topological polar surface area (TPSA) is 19.7 Å². The number of hydrogen-bond acceptors (Lipinski definition) is 2. The molecule has 23 heavy (non-hydrogen) atoms. The van der Waals surface area contributed by atoms with Crippen LogP contribution in [-0.4, -0.2) is 43.2 Å². The number of quaternary nitrogens is 1. The second-order valence-electron chi connectivity index (χ2n) is 7.54. The van der Waals surface area contributed by atoms with Gasteiger partial charge < -0.3 is 15.1 Å². The highest BCUT2D eigenvalue weighted by Gasteiger charge is 2.40. The van der Waals surface area contributed by atoms with Crippen LogP contribution in [0, 0.1) is 11.8 Å². The molecule has 0 spiro atoms. The van der Waals surface area contributed by atoms with E-state index in [1.165, 1.54) is 48.4 Å². The van der Waals surface area contributed by atoms with Crippen LogP contribution in [0.15, 0.2) is 17.5 Å². The van der Waals surface area contributed by atoms with E-state index in [0.717, 1.165) is 30.0 Å². The van der Waals surface area contributed by atoms with Gasteiger partial charge in [0.15, 0.2) is 5.11 Å². The van der Waals surface area contributed by atoms with Crippen LogP contribution in [0.2, 0.25) is 0 Å². The quantitative estimate of drug-likeness (QED) is 0.734. The molecule has 0 radical (unpaired) electrons. The molecule has 0 aliphatic heterocycles. The van der Waals surface area contributed by atoms with Crippen molar-refractivity contribution < 1.29 is 4.90 Å². The van der Waals surface area contributed by atoms with Gasteiger partial charge in [-0.1, -0.05) is 12.5 Å². The summed E-state index contributed by atoms with van der Waals surface area (Å²) in [5.74, 6) is 1.83. The Morgan fingerprint density at radius 1 is 1.39 bits per heavy atom. The van der Waals surface area contributed by atoms with Crippen LogP contribution in [0.5, 0.6) is 0 Å². The molecule has 2 saturated carbocycles. The average Bonchev–Trinajstić information content (AvgIpc) is 3.23. The van der Waals surface area contributed by atoms with E-state index in [0.29, 0.717) is 6.04 Å². The van der Waals surface area contributed by atoms with Crippen molar-refractivity contribution in [3.63, 3.8) is 0 Å². The largest absolute Gasteiger partial charge is 0.360 e. The van der Waals surface area contributed by atoms with Crippen molar-refractivity contribution in [2.24, 2.45) is 11.8 Å². The molecule has 1 aromatic rings. The van der Waals surface area contributed by atoms with Gasteiger partial charge in [0.05, 0.1) is 27.2 Å². The van der Waals surface area contributed by atoms with Crippen molar-refractivity contribution >= 4 is 28.7 Å². The summed E-state index contributed by atoms with van der Waals surface area (Å²) in [5, 5.41) is 6.85. The summed E-state index contributed by atoms with van der Waals surface area (Å²) in [6.07, 6.45) is 6.79. The third-order valence-electron chi connectivity index (χ3n) is 5.37. The number of rotatable bonds is 7. The van der Waals surface area contributed by atoms with Gasteiger partial charge in [-0.3, -0.25) is 0 Å². The summed E-state index contributed by atoms with van der Waals surface area (Å²) in [6.45, 7) is 3.19. The molecule has 0 amide bonds. The standard InChI is InChI=1S/C18H29N3S2/c1-20(2)8-4-9-21(13-16-5-3-10-23-16)18(22)19-17-12-14-6-7-15(17)11-14/h3,5,10,14-15,17H,4,6-9,11-13H2,1-2H3,(H,19,22)/p+1/t14-,15+,17+/m0/s1. The highest BCUT2D eigenvalue weighted by atomic mass is 32.1. The number of nitrogens with one attached hydrogen (secondary N) is 2. The molecule has 2 bridgehead atoms. The zero-order valence-corrected chi connectivity index (χ0v) is 16.0. The minimum absolute atomic E-state index is 0.631. The summed E-state index contributed by atoms with van der Waals surface area (Å²) >= 11 is 7.62. The molecule has 3 nitrogen and oxygen atoms in total. The maximum absolute atomic E-state index is 5.79. The first-order chi connectivity index (χ1) is 11.1. The van der Waals surface area contributed by atoms with Gasteiger partial charge >= 0.3 is 0 Å². The van der Waals surface area contributed by atoms with Gasteiger partial charge in [0.1, 0.15) is 0 Å². The van der Waals surface area contributed by atoms with Gasteiger partial charge in [-0.05, 0) is 54.8 Å². The van der Waals surface area contributed by atoms with Gasteiger partial charge in [-0.25, -0.2) is 0 Å². The highest BCUT2D eigenvalue weighted by molar-refractivity contribution is 7.80. The van der Waals surface area contributed by atoms with Crippen LogP contribution in [0.3, 0.4) is 0 Å². The molecule has 2 N–H and O–H groups in total. The van der Waals surface area contributed by atoms with E-state index < -0.39 is 0 Å². The smallest absolute Gasteiger partial charge is 0.169 e. The molecular formula is C18H30N3S2+. The first-order valence-corrected chi connectivity index (χ1v) is 10.3. The maximum atomic E-state index is 5.79. The first kappa shape index (κ1) is 17.2. The predicted octanol–water partition coefficient (Wildman–Crippen LogP) is 2.15. The van der Waals surface area contributed by atoms with E-state index in [2.05, 4.69) is 41.8 Å². The lowest BCUT2D eigenvalue weighted by Crippen LogP contribution is -3.05. The molecule has 3 atom stereocenters. The van der Waals surface area contributed by atoms with Gasteiger partial charge in [-0.2, -0.15) is 0 Å². The monoisotopic (exact) mass is 352 g/mol. The fourth-order valence-corrected chi connectivity index (χ4v) is 5.16. The summed E-state index contributed by atoms with van der Waals surface area (Å²) in [4.78, 5) is 5.29. The SMILES string of the molecule is C[NH+](C)CCCN(Cc1cccs1)C(=S)N[C@@H]1C[C@H]2CC[C@@H]1C2. The van der Waals surface area contributed by atoms with Gasteiger partial charge in [0, 0.05) is 23.9 Å². The van der Waals surface area contributed by atoms with Crippen molar-refractivity contribution in [3.8, 4) is 0 Å². The van der Waals surface area contributed by atoms with Crippen LogP contribution in [0.4, 0.5) is 0 Å². The lowest BCUT2D eigenvalue weighted by atomic mass is 9.95. The van der Waals surface area contributed by atoms with Gasteiger partial charge in [0.2, 0.25) is 0 Å². The number of hydrogen-bond donors (Lipinski definition) is 2. The van der Waals surface area contributed by atoms with E-state index in [9.17, 15) is 0 Å². The molecule has 3 rings (SSSR count). The zero-order valence-electron chi connectivity index (χ0n) is 14.4. The number of thiophene rings is 1. The Labute approximate surface area is 150 Å². The summed E-state index contributed by atoms with van der Waals surface area (Å²) in [7, 11) is 4.44. The fourth-order valence-electron chi connectivity index (χ4n) is 4.14. The molecule has 1 heterocycles. The Morgan fingerprint density at radius 3 is 2.87 bits per heavy atom. The van der Waals surface area contributed by atoms with Crippen molar-refractivity contribution in [2.45, 2.75) is 44.7 Å². The Hall–Kier alpha value is -0.650. The number of thiocarbonyl (C=S) groups is 1. The predicted molar refractivity (Wildman–Crippen MR) is 102 cm³/mol. The minimum atomic E-state index is 0.631. The normalized spacial score (nSPS) is 26.0. The van der Waals surface area contributed by atoms with Crippen molar-refractivity contribution in [3.05, 3.63) is 22.4 Å². The van der Waals surface area contributed by atoms with Crippen molar-refractivity contribution in [1.29, 1.82) is 0 Å². The van der Waals surface area contributed by atoms with Crippen LogP contribution in [0.25, 0.3) is 0 Å². The Morgan fingerprint density at radius 2 is 2.26 bits per heavy atom. The second kappa shape index (κ2) is 7.95. The Balaban J connectivity index is 1.55. The number of fused-ring (bicyclic) bond motifs is 2. The van der Waals surface area contributed by atoms with Crippen LogP contribution in [-0.2, 0) is 6.54 Å². The zero-order chi connectivity index (χ0) is 16.2. The average molecular weight is 353 g/mol. The van der Waals surface area contributed by atoms with E-state index in [-0.39, 0.29) is 0 Å². The molecule has 5 heteroatoms. The van der Waals surface area contributed by atoms with E-state index in [1.807, 2.05) is 11.3 Å². The second-order valence-corrected chi connectivity index (χ2v) is 8.96. The van der Waals surface area contributed by atoms with Crippen molar-refractivity contribution in [1.82, 2.24) is 10.2 Å². The number of nitrogens with zero attached hydrogens (tertiary/aromatic N) is 1. The first-order valence-electron chi connectivity index (χ1n) is 8.98. The van der Waals surface area contributed by atoms with Gasteiger partial charge in [0.25, 0.3) is 0 Å². The Bertz CT molecular complexity index is 500. The third-order valence-corrected chi connectivity index (χ3v) is 6.60. The molecule has 2 aliphatic rings. The van der Waals surface area contributed by atoms with Crippen LogP contribution >= 0.6 is 23.6 Å². The third kappa shape index (κ3) is 4.68. The lowest BCUT2D eigenvalue weighted by molar-refractivity contribution is -0.858. The highest BCUT2D eigenvalue weighted by Crippen LogP contribution is 2.44. The molecule has 0 saturated heterocycles. The Kier molecular flexibility index (Phi) is 5.94. The van der Waals surface area contributed by atoms with Crippen LogP contribution < -0.4 is 10.2 Å². The molecule has 0 aromatic carbocycles. The van der Waals surface area contributed by atoms with Crippen LogP contribution in [0.1, 0.15) is 37.0 Å². The molecule has 1 aromatic heterocycles.